The van der Waals surface area contributed by atoms with Crippen LogP contribution in [0.3, 0.4) is 0 Å². The molecule has 3 aliphatic carbocycles. The molecule has 0 unspecified atom stereocenters. The van der Waals surface area contributed by atoms with Gasteiger partial charge in [0.2, 0.25) is 0 Å². The minimum absolute atomic E-state index is 0. The topological polar surface area (TPSA) is 117 Å². The standard InChI is InChI=1S/C19H18F2N6O2.Na.H/c20-10-5-11-15(26-27-16(11)22-6-10)18-23-7-12(21)17(25-18)24-14-9-3-1-8(2-4-9)13(14)19(28)29;;/h5-9,13-14H,1-4H2,(H,28,29)(H,22,26,27)(H,23,24,25);;/q;+1;-1/t8?,9?,13-,14-;;/m0../s1. The number of H-pyrrole nitrogens is 1. The Kier molecular flexibility index (Phi) is 5.73. The first-order chi connectivity index (χ1) is 14.0. The molecule has 8 nitrogen and oxygen atoms in total. The summed E-state index contributed by atoms with van der Waals surface area (Å²) in [6.07, 6.45) is 5.67. The van der Waals surface area contributed by atoms with Gasteiger partial charge in [0.15, 0.2) is 23.1 Å². The van der Waals surface area contributed by atoms with Crippen LogP contribution < -0.4 is 34.9 Å². The summed E-state index contributed by atoms with van der Waals surface area (Å²) in [6, 6.07) is 0.858. The van der Waals surface area contributed by atoms with E-state index in [1.165, 1.54) is 6.07 Å². The summed E-state index contributed by atoms with van der Waals surface area (Å²) in [7, 11) is 0. The SMILES string of the molecule is O=C(O)[C@H]1C2CCC(CC2)[C@@H]1Nc1nc(-c2[nH]nc3ncc(F)cc23)ncc1F.[H-].[Na+]. The van der Waals surface area contributed by atoms with Gasteiger partial charge in [-0.05, 0) is 43.6 Å². The number of hydrogen-bond acceptors (Lipinski definition) is 6. The van der Waals surface area contributed by atoms with Gasteiger partial charge in [0, 0.05) is 6.04 Å². The molecule has 152 valence electrons. The average Bonchev–Trinajstić information content (AvgIpc) is 3.13. The van der Waals surface area contributed by atoms with E-state index in [0.29, 0.717) is 16.7 Å². The second kappa shape index (κ2) is 8.16. The first kappa shape index (κ1) is 21.1. The van der Waals surface area contributed by atoms with Gasteiger partial charge in [-0.15, -0.1) is 0 Å². The third-order valence-corrected chi connectivity index (χ3v) is 6.15. The molecular formula is C19H19F2N6NaO2. The molecular weight excluding hydrogens is 405 g/mol. The van der Waals surface area contributed by atoms with Crippen molar-refractivity contribution in [1.82, 2.24) is 25.1 Å². The molecule has 3 aromatic rings. The third-order valence-electron chi connectivity index (χ3n) is 6.15. The monoisotopic (exact) mass is 424 g/mol. The Morgan fingerprint density at radius 1 is 1.17 bits per heavy atom. The Hall–Kier alpha value is -2.17. The number of pyridine rings is 1. The van der Waals surface area contributed by atoms with Crippen molar-refractivity contribution in [2.45, 2.75) is 31.7 Å². The Morgan fingerprint density at radius 2 is 1.90 bits per heavy atom. The largest absolute Gasteiger partial charge is 1.00 e. The van der Waals surface area contributed by atoms with E-state index in [1.54, 1.807) is 0 Å². The molecule has 0 radical (unpaired) electrons. The number of fused-ring (bicyclic) bond motifs is 4. The van der Waals surface area contributed by atoms with Gasteiger partial charge in [0.05, 0.1) is 23.7 Å². The third kappa shape index (κ3) is 3.57. The fourth-order valence-electron chi connectivity index (χ4n) is 4.80. The van der Waals surface area contributed by atoms with Crippen molar-refractivity contribution in [3.8, 4) is 11.5 Å². The fourth-order valence-corrected chi connectivity index (χ4v) is 4.80. The molecule has 0 spiro atoms. The summed E-state index contributed by atoms with van der Waals surface area (Å²) >= 11 is 0. The summed E-state index contributed by atoms with van der Waals surface area (Å²) in [5.41, 5.74) is 0.606. The normalized spacial score (nSPS) is 25.1. The number of aliphatic carboxylic acids is 1. The number of halogens is 2. The van der Waals surface area contributed by atoms with Gasteiger partial charge in [-0.1, -0.05) is 0 Å². The van der Waals surface area contributed by atoms with Crippen molar-refractivity contribution in [3.05, 3.63) is 30.1 Å². The molecule has 3 saturated carbocycles. The Labute approximate surface area is 193 Å². The number of carboxylic acids is 1. The molecule has 30 heavy (non-hydrogen) atoms. The minimum atomic E-state index is -0.868. The summed E-state index contributed by atoms with van der Waals surface area (Å²) < 4.78 is 28.1. The Balaban J connectivity index is 0.00000136. The van der Waals surface area contributed by atoms with Crippen LogP contribution in [0.5, 0.6) is 0 Å². The van der Waals surface area contributed by atoms with Crippen molar-refractivity contribution in [2.24, 2.45) is 17.8 Å². The van der Waals surface area contributed by atoms with Crippen LogP contribution in [0, 0.1) is 29.4 Å². The van der Waals surface area contributed by atoms with E-state index in [9.17, 15) is 18.7 Å². The average molecular weight is 424 g/mol. The number of rotatable bonds is 4. The van der Waals surface area contributed by atoms with Crippen molar-refractivity contribution in [2.75, 3.05) is 5.32 Å². The molecule has 11 heteroatoms. The van der Waals surface area contributed by atoms with Crippen LogP contribution in [0.15, 0.2) is 18.5 Å². The zero-order valence-corrected chi connectivity index (χ0v) is 18.3. The van der Waals surface area contributed by atoms with Gasteiger partial charge in [-0.2, -0.15) is 5.10 Å². The number of nitrogens with one attached hydrogen (secondary N) is 2. The van der Waals surface area contributed by atoms with E-state index >= 15 is 0 Å². The summed E-state index contributed by atoms with van der Waals surface area (Å²) in [5.74, 6) is -2.35. The Bertz CT molecular complexity index is 1110. The smallest absolute Gasteiger partial charge is 1.00 e. The first-order valence-corrected chi connectivity index (χ1v) is 9.53. The molecule has 0 amide bonds. The van der Waals surface area contributed by atoms with Gasteiger partial charge in [-0.3, -0.25) is 9.89 Å². The van der Waals surface area contributed by atoms with Crippen LogP contribution in [0.1, 0.15) is 27.1 Å². The summed E-state index contributed by atoms with van der Waals surface area (Å²) in [6.45, 7) is 0. The van der Waals surface area contributed by atoms with E-state index < -0.39 is 29.6 Å². The van der Waals surface area contributed by atoms with Crippen LogP contribution in [0.4, 0.5) is 14.6 Å². The molecule has 3 fully saturated rings. The molecule has 3 heterocycles. The number of carboxylic acid groups (broad SMARTS) is 1. The maximum Gasteiger partial charge on any atom is 1.00 e. The zero-order valence-electron chi connectivity index (χ0n) is 17.3. The summed E-state index contributed by atoms with van der Waals surface area (Å²) in [4.78, 5) is 24.0. The van der Waals surface area contributed by atoms with E-state index in [4.69, 9.17) is 0 Å². The number of nitrogens with zero attached hydrogens (tertiary/aromatic N) is 4. The van der Waals surface area contributed by atoms with Crippen molar-refractivity contribution >= 4 is 22.8 Å². The number of hydrogen-bond donors (Lipinski definition) is 3. The minimum Gasteiger partial charge on any atom is -1.00 e. The maximum atomic E-state index is 14.5. The number of carbonyl (C=O) groups is 1. The molecule has 6 rings (SSSR count). The molecule has 0 aliphatic heterocycles. The van der Waals surface area contributed by atoms with Gasteiger partial charge in [0.25, 0.3) is 0 Å². The predicted molar refractivity (Wildman–Crippen MR) is 99.9 cm³/mol. The number of anilines is 1. The van der Waals surface area contributed by atoms with Crippen LogP contribution in [0.2, 0.25) is 0 Å². The van der Waals surface area contributed by atoms with Crippen molar-refractivity contribution < 1.29 is 49.7 Å². The predicted octanol–water partition coefficient (Wildman–Crippen LogP) is 0.111. The van der Waals surface area contributed by atoms with Gasteiger partial charge in [-0.25, -0.2) is 23.7 Å². The van der Waals surface area contributed by atoms with Crippen LogP contribution >= 0.6 is 0 Å². The number of aromatic nitrogens is 5. The van der Waals surface area contributed by atoms with Crippen LogP contribution in [0.25, 0.3) is 22.6 Å². The second-order valence-corrected chi connectivity index (χ2v) is 7.72. The second-order valence-electron chi connectivity index (χ2n) is 7.72. The zero-order chi connectivity index (χ0) is 20.1. The molecule has 0 aromatic carbocycles. The van der Waals surface area contributed by atoms with E-state index in [1.807, 2.05) is 0 Å². The van der Waals surface area contributed by atoms with Gasteiger partial charge >= 0.3 is 35.5 Å². The van der Waals surface area contributed by atoms with Gasteiger partial charge in [0.1, 0.15) is 11.5 Å². The molecule has 3 N–H and O–H groups in total. The molecule has 3 aromatic heterocycles. The van der Waals surface area contributed by atoms with Gasteiger partial charge < -0.3 is 11.8 Å². The first-order valence-electron chi connectivity index (χ1n) is 9.53. The summed E-state index contributed by atoms with van der Waals surface area (Å²) in [5, 5.41) is 19.8. The molecule has 0 saturated heterocycles. The Morgan fingerprint density at radius 3 is 2.63 bits per heavy atom. The quantitative estimate of drug-likeness (QED) is 0.509. The van der Waals surface area contributed by atoms with E-state index in [2.05, 4.69) is 30.5 Å². The van der Waals surface area contributed by atoms with Crippen LogP contribution in [-0.2, 0) is 4.79 Å². The van der Waals surface area contributed by atoms with E-state index in [-0.39, 0.29) is 54.5 Å². The molecule has 2 atom stereocenters. The van der Waals surface area contributed by atoms with Crippen molar-refractivity contribution in [1.29, 1.82) is 0 Å². The molecule has 3 aliphatic rings. The van der Waals surface area contributed by atoms with Crippen molar-refractivity contribution in [3.63, 3.8) is 0 Å². The fraction of sp³-hybridized carbons (Fsp3) is 0.421. The molecule has 2 bridgehead atoms. The number of aromatic amines is 1. The van der Waals surface area contributed by atoms with Crippen LogP contribution in [-0.4, -0.2) is 42.3 Å². The van der Waals surface area contributed by atoms with E-state index in [0.717, 1.165) is 38.1 Å². The maximum absolute atomic E-state index is 14.5.